The summed E-state index contributed by atoms with van der Waals surface area (Å²) in [5.41, 5.74) is 7.35. The van der Waals surface area contributed by atoms with Crippen LogP contribution in [0, 0.1) is 5.92 Å². The standard InChI is InChI=1S/C32H44N6O9/c1-18(2)13-24(30(44)38-26(17-39)32(46)47)37-31(45)25(15-20-7-5-4-6-8-20)36-27(41)16-34-28(42)19(3)35-29(43)23(33)14-21-9-11-22(40)12-10-21/h4-12,18-19,23-26,39-40H,13-17,33H2,1-3H3,(H,34,42)(H,35,43)(H,36,41)(H,37,45)(H,38,44)(H,46,47). The van der Waals surface area contributed by atoms with E-state index in [4.69, 9.17) is 5.73 Å². The van der Waals surface area contributed by atoms with Crippen molar-refractivity contribution < 1.29 is 44.1 Å². The number of aliphatic carboxylic acids is 1. The second kappa shape index (κ2) is 18.8. The number of carboxylic acid groups (broad SMARTS) is 1. The molecule has 5 amide bonds. The number of hydrogen-bond donors (Lipinski definition) is 9. The quantitative estimate of drug-likeness (QED) is 0.0918. The van der Waals surface area contributed by atoms with E-state index >= 15 is 0 Å². The number of carbonyl (C=O) groups excluding carboxylic acids is 5. The van der Waals surface area contributed by atoms with Crippen LogP contribution in [0.25, 0.3) is 0 Å². The minimum absolute atomic E-state index is 0.0299. The van der Waals surface area contributed by atoms with Gasteiger partial charge in [0.05, 0.1) is 19.2 Å². The van der Waals surface area contributed by atoms with Crippen LogP contribution in [0.4, 0.5) is 0 Å². The molecule has 2 rings (SSSR count). The van der Waals surface area contributed by atoms with E-state index in [-0.39, 0.29) is 30.9 Å². The Kier molecular flexibility index (Phi) is 15.3. The van der Waals surface area contributed by atoms with Gasteiger partial charge in [-0.1, -0.05) is 56.3 Å². The molecule has 0 aliphatic rings. The molecule has 0 spiro atoms. The molecule has 0 aromatic heterocycles. The van der Waals surface area contributed by atoms with Gasteiger partial charge in [-0.2, -0.15) is 0 Å². The summed E-state index contributed by atoms with van der Waals surface area (Å²) in [4.78, 5) is 75.6. The van der Waals surface area contributed by atoms with Crippen LogP contribution in [-0.4, -0.2) is 94.2 Å². The Morgan fingerprint density at radius 3 is 1.85 bits per heavy atom. The molecule has 2 aromatic rings. The SMILES string of the molecule is CC(C)CC(NC(=O)C(Cc1ccccc1)NC(=O)CNC(=O)C(C)NC(=O)C(N)Cc1ccc(O)cc1)C(=O)NC(CO)C(=O)O. The molecule has 0 bridgehead atoms. The van der Waals surface area contributed by atoms with Gasteiger partial charge in [-0.15, -0.1) is 0 Å². The van der Waals surface area contributed by atoms with Gasteiger partial charge in [0.15, 0.2) is 0 Å². The molecule has 0 aliphatic heterocycles. The van der Waals surface area contributed by atoms with Crippen molar-refractivity contribution in [3.8, 4) is 5.75 Å². The largest absolute Gasteiger partial charge is 0.508 e. The molecule has 0 fully saturated rings. The normalized spacial score (nSPS) is 14.1. The molecule has 10 N–H and O–H groups in total. The van der Waals surface area contributed by atoms with Crippen molar-refractivity contribution in [2.45, 2.75) is 70.2 Å². The predicted octanol–water partition coefficient (Wildman–Crippen LogP) is -1.30. The Balaban J connectivity index is 2.03. The Bertz CT molecular complexity index is 1370. The minimum atomic E-state index is -1.57. The molecule has 2 aromatic carbocycles. The van der Waals surface area contributed by atoms with Crippen LogP contribution >= 0.6 is 0 Å². The van der Waals surface area contributed by atoms with Crippen LogP contribution in [0.15, 0.2) is 54.6 Å². The van der Waals surface area contributed by atoms with E-state index in [0.29, 0.717) is 11.1 Å². The van der Waals surface area contributed by atoms with E-state index in [1.165, 1.54) is 19.1 Å². The van der Waals surface area contributed by atoms with Crippen molar-refractivity contribution >= 4 is 35.5 Å². The number of benzene rings is 2. The maximum atomic E-state index is 13.4. The molecule has 0 saturated carbocycles. The van der Waals surface area contributed by atoms with Crippen molar-refractivity contribution in [1.82, 2.24) is 26.6 Å². The molecule has 5 unspecified atom stereocenters. The molecule has 0 radical (unpaired) electrons. The first kappa shape index (κ1) is 38.2. The van der Waals surface area contributed by atoms with Crippen molar-refractivity contribution in [2.75, 3.05) is 13.2 Å². The zero-order chi connectivity index (χ0) is 35.1. The van der Waals surface area contributed by atoms with Crippen LogP contribution in [0.2, 0.25) is 0 Å². The van der Waals surface area contributed by atoms with Crippen LogP contribution in [0.1, 0.15) is 38.3 Å². The maximum absolute atomic E-state index is 13.4. The minimum Gasteiger partial charge on any atom is -0.508 e. The van der Waals surface area contributed by atoms with Gasteiger partial charge in [-0.05, 0) is 48.9 Å². The molecule has 256 valence electrons. The Morgan fingerprint density at radius 2 is 1.28 bits per heavy atom. The van der Waals surface area contributed by atoms with Crippen molar-refractivity contribution in [2.24, 2.45) is 11.7 Å². The van der Waals surface area contributed by atoms with E-state index in [1.54, 1.807) is 56.3 Å². The average molecular weight is 657 g/mol. The van der Waals surface area contributed by atoms with E-state index in [2.05, 4.69) is 26.6 Å². The number of nitrogens with one attached hydrogen (secondary N) is 5. The lowest BCUT2D eigenvalue weighted by Crippen LogP contribution is -2.58. The average Bonchev–Trinajstić information content (AvgIpc) is 3.02. The lowest BCUT2D eigenvalue weighted by molar-refractivity contribution is -0.143. The van der Waals surface area contributed by atoms with Gasteiger partial charge in [-0.25, -0.2) is 4.79 Å². The first-order chi connectivity index (χ1) is 22.2. The summed E-state index contributed by atoms with van der Waals surface area (Å²) in [7, 11) is 0. The lowest BCUT2D eigenvalue weighted by Gasteiger charge is -2.25. The Labute approximate surface area is 272 Å². The third kappa shape index (κ3) is 13.5. The zero-order valence-electron chi connectivity index (χ0n) is 26.6. The van der Waals surface area contributed by atoms with Gasteiger partial charge in [0.2, 0.25) is 29.5 Å². The van der Waals surface area contributed by atoms with Gasteiger partial charge < -0.3 is 47.6 Å². The number of hydrogen-bond acceptors (Lipinski definition) is 9. The fraction of sp³-hybridized carbons (Fsp3) is 0.438. The first-order valence-electron chi connectivity index (χ1n) is 15.1. The van der Waals surface area contributed by atoms with Crippen molar-refractivity contribution in [3.05, 3.63) is 65.7 Å². The Hall–Kier alpha value is -5.02. The summed E-state index contributed by atoms with van der Waals surface area (Å²) in [6, 6.07) is 8.95. The van der Waals surface area contributed by atoms with Gasteiger partial charge in [-0.3, -0.25) is 24.0 Å². The highest BCUT2D eigenvalue weighted by Crippen LogP contribution is 2.11. The van der Waals surface area contributed by atoms with Crippen molar-refractivity contribution in [3.63, 3.8) is 0 Å². The number of aromatic hydroxyl groups is 1. The monoisotopic (exact) mass is 656 g/mol. The highest BCUT2D eigenvalue weighted by molar-refractivity contribution is 5.95. The smallest absolute Gasteiger partial charge is 0.328 e. The van der Waals surface area contributed by atoms with Crippen molar-refractivity contribution in [1.29, 1.82) is 0 Å². The second-order valence-corrected chi connectivity index (χ2v) is 11.5. The van der Waals surface area contributed by atoms with Gasteiger partial charge in [0.25, 0.3) is 0 Å². The van der Waals surface area contributed by atoms with E-state index in [9.17, 15) is 44.1 Å². The molecule has 0 saturated heterocycles. The van der Waals surface area contributed by atoms with Crippen LogP contribution < -0.4 is 32.3 Å². The lowest BCUT2D eigenvalue weighted by atomic mass is 10.0. The number of rotatable bonds is 18. The summed E-state index contributed by atoms with van der Waals surface area (Å²) in [5, 5.41) is 40.1. The summed E-state index contributed by atoms with van der Waals surface area (Å²) in [6.07, 6.45) is 0.330. The highest BCUT2D eigenvalue weighted by Gasteiger charge is 2.30. The molecule has 0 aliphatic carbocycles. The van der Waals surface area contributed by atoms with Gasteiger partial charge in [0, 0.05) is 6.42 Å². The number of carbonyl (C=O) groups is 6. The number of aliphatic hydroxyl groups excluding tert-OH is 1. The van der Waals surface area contributed by atoms with E-state index < -0.39 is 78.9 Å². The molecular formula is C32H44N6O9. The van der Waals surface area contributed by atoms with Crippen LogP contribution in [-0.2, 0) is 41.6 Å². The second-order valence-electron chi connectivity index (χ2n) is 11.5. The van der Waals surface area contributed by atoms with Gasteiger partial charge >= 0.3 is 5.97 Å². The molecule has 15 heteroatoms. The topological polar surface area (TPSA) is 249 Å². The molecular weight excluding hydrogens is 612 g/mol. The summed E-state index contributed by atoms with van der Waals surface area (Å²) in [5.74, 6) is -5.02. The molecule has 0 heterocycles. The Morgan fingerprint density at radius 1 is 0.702 bits per heavy atom. The molecule has 47 heavy (non-hydrogen) atoms. The number of amides is 5. The van der Waals surface area contributed by atoms with E-state index in [0.717, 1.165) is 0 Å². The summed E-state index contributed by atoms with van der Waals surface area (Å²) < 4.78 is 0. The van der Waals surface area contributed by atoms with E-state index in [1.807, 2.05) is 0 Å². The fourth-order valence-corrected chi connectivity index (χ4v) is 4.42. The highest BCUT2D eigenvalue weighted by atomic mass is 16.4. The van der Waals surface area contributed by atoms with Crippen LogP contribution in [0.3, 0.4) is 0 Å². The van der Waals surface area contributed by atoms with Gasteiger partial charge in [0.1, 0.15) is 29.9 Å². The number of phenols is 1. The zero-order valence-corrected chi connectivity index (χ0v) is 26.6. The first-order valence-corrected chi connectivity index (χ1v) is 15.1. The fourth-order valence-electron chi connectivity index (χ4n) is 4.42. The molecule has 15 nitrogen and oxygen atoms in total. The molecule has 5 atom stereocenters. The third-order valence-corrected chi connectivity index (χ3v) is 6.98. The van der Waals surface area contributed by atoms with Crippen LogP contribution in [0.5, 0.6) is 5.75 Å². The summed E-state index contributed by atoms with van der Waals surface area (Å²) in [6.45, 7) is 3.62. The predicted molar refractivity (Wildman–Crippen MR) is 171 cm³/mol. The maximum Gasteiger partial charge on any atom is 0.328 e. The third-order valence-electron chi connectivity index (χ3n) is 6.98. The number of carboxylic acids is 1. The number of aliphatic hydroxyl groups is 1. The number of phenolic OH excluding ortho intramolecular Hbond substituents is 1. The summed E-state index contributed by atoms with van der Waals surface area (Å²) >= 11 is 0. The number of nitrogens with two attached hydrogens (primary N) is 1.